The van der Waals surface area contributed by atoms with Crippen molar-refractivity contribution in [3.05, 3.63) is 100 Å². The summed E-state index contributed by atoms with van der Waals surface area (Å²) in [5, 5.41) is 12.3. The zero-order valence-electron chi connectivity index (χ0n) is 16.8. The molecular formula is C23H22ClN5O. The van der Waals surface area contributed by atoms with E-state index >= 15 is 0 Å². The monoisotopic (exact) mass is 419 g/mol. The summed E-state index contributed by atoms with van der Waals surface area (Å²) in [6.07, 6.45) is 3.69. The van der Waals surface area contributed by atoms with Crippen LogP contribution in [-0.2, 0) is 13.1 Å². The number of nitrogens with one attached hydrogen (secondary N) is 1. The van der Waals surface area contributed by atoms with Crippen LogP contribution in [0.25, 0.3) is 5.69 Å². The van der Waals surface area contributed by atoms with Crippen molar-refractivity contribution < 1.29 is 4.79 Å². The molecule has 30 heavy (non-hydrogen) atoms. The summed E-state index contributed by atoms with van der Waals surface area (Å²) >= 11 is 6.23. The fourth-order valence-corrected chi connectivity index (χ4v) is 3.45. The van der Waals surface area contributed by atoms with Crippen LogP contribution in [0.2, 0.25) is 5.02 Å². The second-order valence-electron chi connectivity index (χ2n) is 7.15. The number of carbonyl (C=O) groups is 1. The summed E-state index contributed by atoms with van der Waals surface area (Å²) in [7, 11) is 0. The van der Waals surface area contributed by atoms with Crippen LogP contribution in [0.15, 0.2) is 67.0 Å². The Hall–Kier alpha value is -3.38. The minimum Gasteiger partial charge on any atom is -0.348 e. The SMILES string of the molecule is Cc1nn(-c2ccc(C(=O)NCc3cccc(Cn4cccn4)c3)cc2)c(C)c1Cl. The highest BCUT2D eigenvalue weighted by Crippen LogP contribution is 2.22. The van der Waals surface area contributed by atoms with Crippen LogP contribution in [0.5, 0.6) is 0 Å². The Morgan fingerprint density at radius 1 is 1.07 bits per heavy atom. The third kappa shape index (κ3) is 4.28. The number of nitrogens with zero attached hydrogens (tertiary/aromatic N) is 4. The second-order valence-corrected chi connectivity index (χ2v) is 7.53. The van der Waals surface area contributed by atoms with Gasteiger partial charge >= 0.3 is 0 Å². The molecule has 6 nitrogen and oxygen atoms in total. The van der Waals surface area contributed by atoms with Gasteiger partial charge in [-0.25, -0.2) is 4.68 Å². The lowest BCUT2D eigenvalue weighted by atomic mass is 10.1. The Bertz CT molecular complexity index is 1160. The van der Waals surface area contributed by atoms with Gasteiger partial charge in [-0.05, 0) is 55.3 Å². The van der Waals surface area contributed by atoms with E-state index in [1.165, 1.54) is 0 Å². The quantitative estimate of drug-likeness (QED) is 0.506. The van der Waals surface area contributed by atoms with Crippen molar-refractivity contribution in [2.45, 2.75) is 26.9 Å². The number of amides is 1. The van der Waals surface area contributed by atoms with Gasteiger partial charge in [-0.15, -0.1) is 0 Å². The first-order valence-corrected chi connectivity index (χ1v) is 10.0. The molecule has 0 aliphatic rings. The normalized spacial score (nSPS) is 10.9. The number of aryl methyl sites for hydroxylation is 1. The van der Waals surface area contributed by atoms with Gasteiger partial charge in [-0.2, -0.15) is 10.2 Å². The third-order valence-electron chi connectivity index (χ3n) is 4.93. The van der Waals surface area contributed by atoms with Gasteiger partial charge in [0.1, 0.15) is 0 Å². The Morgan fingerprint density at radius 3 is 2.50 bits per heavy atom. The van der Waals surface area contributed by atoms with Crippen LogP contribution in [0.1, 0.15) is 32.9 Å². The van der Waals surface area contributed by atoms with Crippen molar-refractivity contribution in [1.29, 1.82) is 0 Å². The molecule has 2 aromatic carbocycles. The highest BCUT2D eigenvalue weighted by molar-refractivity contribution is 6.31. The summed E-state index contributed by atoms with van der Waals surface area (Å²) in [5.41, 5.74) is 5.30. The largest absolute Gasteiger partial charge is 0.348 e. The molecule has 0 unspecified atom stereocenters. The molecule has 0 spiro atoms. The number of hydrogen-bond acceptors (Lipinski definition) is 3. The maximum atomic E-state index is 12.6. The molecular weight excluding hydrogens is 398 g/mol. The molecule has 4 rings (SSSR count). The molecule has 0 radical (unpaired) electrons. The minimum atomic E-state index is -0.120. The molecule has 0 fully saturated rings. The van der Waals surface area contributed by atoms with Gasteiger partial charge in [0, 0.05) is 24.5 Å². The number of carbonyl (C=O) groups excluding carboxylic acids is 1. The van der Waals surface area contributed by atoms with Crippen LogP contribution in [-0.4, -0.2) is 25.5 Å². The zero-order valence-corrected chi connectivity index (χ0v) is 17.6. The van der Waals surface area contributed by atoms with Crippen molar-refractivity contribution in [2.75, 3.05) is 0 Å². The lowest BCUT2D eigenvalue weighted by Crippen LogP contribution is -2.22. The molecule has 0 bridgehead atoms. The van der Waals surface area contributed by atoms with E-state index in [0.29, 0.717) is 23.7 Å². The highest BCUT2D eigenvalue weighted by atomic mass is 35.5. The predicted molar refractivity (Wildman–Crippen MR) is 117 cm³/mol. The Kier molecular flexibility index (Phi) is 5.68. The molecule has 0 aliphatic heterocycles. The number of rotatable bonds is 6. The Morgan fingerprint density at radius 2 is 1.83 bits per heavy atom. The van der Waals surface area contributed by atoms with E-state index < -0.39 is 0 Å². The van der Waals surface area contributed by atoms with Gasteiger partial charge in [-0.1, -0.05) is 35.9 Å². The van der Waals surface area contributed by atoms with Crippen LogP contribution in [0, 0.1) is 13.8 Å². The number of hydrogen-bond donors (Lipinski definition) is 1. The van der Waals surface area contributed by atoms with Crippen LogP contribution >= 0.6 is 11.6 Å². The van der Waals surface area contributed by atoms with Crippen molar-refractivity contribution in [3.63, 3.8) is 0 Å². The summed E-state index contributed by atoms with van der Waals surface area (Å²) in [6.45, 7) is 4.95. The van der Waals surface area contributed by atoms with Crippen LogP contribution < -0.4 is 5.32 Å². The molecule has 0 saturated heterocycles. The van der Waals surface area contributed by atoms with E-state index in [4.69, 9.17) is 11.6 Å². The minimum absolute atomic E-state index is 0.120. The van der Waals surface area contributed by atoms with Crippen LogP contribution in [0.4, 0.5) is 0 Å². The standard InChI is InChI=1S/C23H22ClN5O/c1-16-22(24)17(2)29(27-16)21-9-7-20(8-10-21)23(30)25-14-18-5-3-6-19(13-18)15-28-12-4-11-26-28/h3-13H,14-15H2,1-2H3,(H,25,30). The lowest BCUT2D eigenvalue weighted by Gasteiger charge is -2.09. The molecule has 4 aromatic rings. The fraction of sp³-hybridized carbons (Fsp3) is 0.174. The zero-order chi connectivity index (χ0) is 21.1. The molecule has 152 valence electrons. The Balaban J connectivity index is 1.40. The summed E-state index contributed by atoms with van der Waals surface area (Å²) in [5.74, 6) is -0.120. The smallest absolute Gasteiger partial charge is 0.251 e. The summed E-state index contributed by atoms with van der Waals surface area (Å²) in [4.78, 5) is 12.6. The van der Waals surface area contributed by atoms with Crippen molar-refractivity contribution >= 4 is 17.5 Å². The molecule has 1 amide bonds. The molecule has 0 saturated carbocycles. The van der Waals surface area contributed by atoms with Gasteiger partial charge in [0.2, 0.25) is 0 Å². The van der Waals surface area contributed by atoms with Crippen molar-refractivity contribution in [3.8, 4) is 5.69 Å². The number of aromatic nitrogens is 4. The number of benzene rings is 2. The molecule has 0 atom stereocenters. The van der Waals surface area contributed by atoms with E-state index in [2.05, 4.69) is 27.6 Å². The molecule has 0 aliphatic carbocycles. The maximum Gasteiger partial charge on any atom is 0.251 e. The first-order chi connectivity index (χ1) is 14.5. The van der Waals surface area contributed by atoms with E-state index in [1.54, 1.807) is 23.0 Å². The third-order valence-corrected chi connectivity index (χ3v) is 5.47. The topological polar surface area (TPSA) is 64.7 Å². The van der Waals surface area contributed by atoms with E-state index in [1.807, 2.05) is 55.1 Å². The molecule has 7 heteroatoms. The fourth-order valence-electron chi connectivity index (χ4n) is 3.33. The lowest BCUT2D eigenvalue weighted by molar-refractivity contribution is 0.0951. The van der Waals surface area contributed by atoms with Gasteiger partial charge in [0.25, 0.3) is 5.91 Å². The number of halogens is 1. The van der Waals surface area contributed by atoms with Crippen LogP contribution in [0.3, 0.4) is 0 Å². The Labute approximate surface area is 180 Å². The molecule has 2 aromatic heterocycles. The van der Waals surface area contributed by atoms with E-state index in [0.717, 1.165) is 28.2 Å². The van der Waals surface area contributed by atoms with E-state index in [9.17, 15) is 4.79 Å². The molecule has 2 heterocycles. The highest BCUT2D eigenvalue weighted by Gasteiger charge is 2.12. The molecule has 1 N–H and O–H groups in total. The first kappa shape index (κ1) is 19.9. The maximum absolute atomic E-state index is 12.6. The summed E-state index contributed by atoms with van der Waals surface area (Å²) in [6, 6.07) is 17.4. The predicted octanol–water partition coefficient (Wildman–Crippen LogP) is 4.32. The average molecular weight is 420 g/mol. The first-order valence-electron chi connectivity index (χ1n) is 9.67. The second kappa shape index (κ2) is 8.55. The van der Waals surface area contributed by atoms with Crippen molar-refractivity contribution in [1.82, 2.24) is 24.9 Å². The van der Waals surface area contributed by atoms with Gasteiger partial charge in [0.15, 0.2) is 0 Å². The average Bonchev–Trinajstić information content (AvgIpc) is 3.36. The van der Waals surface area contributed by atoms with Gasteiger partial charge in [-0.3, -0.25) is 9.48 Å². The van der Waals surface area contributed by atoms with Gasteiger partial charge in [0.05, 0.1) is 28.6 Å². The summed E-state index contributed by atoms with van der Waals surface area (Å²) < 4.78 is 3.65. The van der Waals surface area contributed by atoms with E-state index in [-0.39, 0.29) is 5.91 Å². The van der Waals surface area contributed by atoms with Gasteiger partial charge < -0.3 is 5.32 Å². The van der Waals surface area contributed by atoms with Crippen molar-refractivity contribution in [2.24, 2.45) is 0 Å².